The van der Waals surface area contributed by atoms with Crippen molar-refractivity contribution in [3.8, 4) is 0 Å². The molecule has 0 aromatic heterocycles. The maximum absolute atomic E-state index is 12.5. The van der Waals surface area contributed by atoms with E-state index in [9.17, 15) is 8.42 Å². The van der Waals surface area contributed by atoms with Crippen LogP contribution in [0.3, 0.4) is 0 Å². The normalized spacial score (nSPS) is 32.0. The van der Waals surface area contributed by atoms with Crippen LogP contribution in [0.25, 0.3) is 0 Å². The molecule has 0 spiro atoms. The van der Waals surface area contributed by atoms with Gasteiger partial charge in [0.2, 0.25) is 0 Å². The Bertz CT molecular complexity index is 611. The Hall–Kier alpha value is -1.17. The Balaban J connectivity index is 1.94. The van der Waals surface area contributed by atoms with E-state index in [2.05, 4.69) is 6.58 Å². The van der Waals surface area contributed by atoms with E-state index < -0.39 is 15.9 Å². The first-order valence-corrected chi connectivity index (χ1v) is 8.70. The van der Waals surface area contributed by atoms with E-state index in [0.29, 0.717) is 13.0 Å². The van der Waals surface area contributed by atoms with Gasteiger partial charge in [-0.1, -0.05) is 24.3 Å². The fraction of sp³-hybridized carbons (Fsp3) is 0.500. The molecule has 114 valence electrons. The second kappa shape index (κ2) is 5.23. The highest BCUT2D eigenvalue weighted by molar-refractivity contribution is 7.86. The molecule has 2 atom stereocenters. The van der Waals surface area contributed by atoms with Crippen molar-refractivity contribution in [2.24, 2.45) is 5.41 Å². The van der Waals surface area contributed by atoms with Gasteiger partial charge in [-0.3, -0.25) is 0 Å². The summed E-state index contributed by atoms with van der Waals surface area (Å²) in [5.74, 6) is -1.02. The maximum Gasteiger partial charge on any atom is 0.299 e. The first-order valence-electron chi connectivity index (χ1n) is 7.29. The molecule has 1 aliphatic carbocycles. The first kappa shape index (κ1) is 14.8. The lowest BCUT2D eigenvalue weighted by Gasteiger charge is -2.37. The van der Waals surface area contributed by atoms with Crippen molar-refractivity contribution in [3.63, 3.8) is 0 Å². The molecule has 4 nitrogen and oxygen atoms in total. The third kappa shape index (κ3) is 2.33. The van der Waals surface area contributed by atoms with Crippen molar-refractivity contribution >= 4 is 10.1 Å². The number of fused-ring (bicyclic) bond motifs is 1. The summed E-state index contributed by atoms with van der Waals surface area (Å²) in [6.07, 6.45) is 5.84. The summed E-state index contributed by atoms with van der Waals surface area (Å²) >= 11 is 0. The van der Waals surface area contributed by atoms with Crippen molar-refractivity contribution in [3.05, 3.63) is 43.0 Å². The van der Waals surface area contributed by atoms with Gasteiger partial charge in [0.1, 0.15) is 0 Å². The average molecular weight is 308 g/mol. The quantitative estimate of drug-likeness (QED) is 0.619. The lowest BCUT2D eigenvalue weighted by molar-refractivity contribution is -0.187. The van der Waals surface area contributed by atoms with Gasteiger partial charge in [-0.2, -0.15) is 8.42 Å². The van der Waals surface area contributed by atoms with Gasteiger partial charge in [0.05, 0.1) is 11.5 Å². The third-order valence-electron chi connectivity index (χ3n) is 4.70. The van der Waals surface area contributed by atoms with Crippen LogP contribution in [-0.4, -0.2) is 20.8 Å². The molecule has 1 saturated carbocycles. The summed E-state index contributed by atoms with van der Waals surface area (Å²) < 4.78 is 36.6. The van der Waals surface area contributed by atoms with E-state index in [1.807, 2.05) is 6.08 Å². The average Bonchev–Trinajstić information content (AvgIpc) is 2.94. The molecule has 5 heteroatoms. The van der Waals surface area contributed by atoms with Crippen LogP contribution in [0.2, 0.25) is 0 Å². The van der Waals surface area contributed by atoms with Gasteiger partial charge >= 0.3 is 0 Å². The number of hydrogen-bond acceptors (Lipinski definition) is 4. The number of benzene rings is 1. The molecule has 0 bridgehead atoms. The predicted octanol–water partition coefficient (Wildman–Crippen LogP) is 3.25. The Kier molecular flexibility index (Phi) is 3.67. The SMILES string of the molecule is C=CCC12CCCC1(OS(=O)(=O)c1ccccc1)OCC2. The minimum atomic E-state index is -3.82. The lowest BCUT2D eigenvalue weighted by atomic mass is 9.77. The van der Waals surface area contributed by atoms with E-state index in [1.54, 1.807) is 30.3 Å². The van der Waals surface area contributed by atoms with Gasteiger partial charge < -0.3 is 4.74 Å². The smallest absolute Gasteiger partial charge is 0.299 e. The molecule has 1 aromatic carbocycles. The van der Waals surface area contributed by atoms with Gasteiger partial charge in [-0.25, -0.2) is 4.18 Å². The number of ether oxygens (including phenoxy) is 1. The monoisotopic (exact) mass is 308 g/mol. The van der Waals surface area contributed by atoms with E-state index in [0.717, 1.165) is 25.7 Å². The van der Waals surface area contributed by atoms with Crippen LogP contribution in [0.1, 0.15) is 32.1 Å². The summed E-state index contributed by atoms with van der Waals surface area (Å²) in [5.41, 5.74) is -0.253. The zero-order valence-electron chi connectivity index (χ0n) is 12.0. The minimum absolute atomic E-state index is 0.175. The standard InChI is InChI=1S/C16H20O4S/c1-2-9-15-10-6-11-16(15,19-13-12-15)20-21(17,18)14-7-4-3-5-8-14/h2-5,7-8H,1,6,9-13H2. The van der Waals surface area contributed by atoms with Crippen molar-refractivity contribution in [1.82, 2.24) is 0 Å². The topological polar surface area (TPSA) is 52.6 Å². The molecule has 0 amide bonds. The summed E-state index contributed by atoms with van der Waals surface area (Å²) in [5, 5.41) is 0. The number of allylic oxidation sites excluding steroid dienone is 1. The molecule has 21 heavy (non-hydrogen) atoms. The Morgan fingerprint density at radius 3 is 2.71 bits per heavy atom. The van der Waals surface area contributed by atoms with E-state index in [-0.39, 0.29) is 10.3 Å². The van der Waals surface area contributed by atoms with Gasteiger partial charge in [-0.15, -0.1) is 6.58 Å². The summed E-state index contributed by atoms with van der Waals surface area (Å²) in [7, 11) is -3.82. The molecule has 1 aliphatic heterocycles. The molecule has 1 saturated heterocycles. The number of hydrogen-bond donors (Lipinski definition) is 0. The van der Waals surface area contributed by atoms with Crippen molar-refractivity contribution in [1.29, 1.82) is 0 Å². The van der Waals surface area contributed by atoms with Crippen molar-refractivity contribution in [2.45, 2.75) is 42.8 Å². The molecule has 2 aliphatic rings. The second-order valence-electron chi connectivity index (χ2n) is 5.83. The highest BCUT2D eigenvalue weighted by Crippen LogP contribution is 2.58. The molecule has 1 heterocycles. The van der Waals surface area contributed by atoms with Crippen LogP contribution >= 0.6 is 0 Å². The minimum Gasteiger partial charge on any atom is -0.348 e. The lowest BCUT2D eigenvalue weighted by Crippen LogP contribution is -2.44. The molecule has 2 unspecified atom stereocenters. The molecule has 1 aromatic rings. The fourth-order valence-electron chi connectivity index (χ4n) is 3.67. The van der Waals surface area contributed by atoms with Gasteiger partial charge in [0.25, 0.3) is 10.1 Å². The maximum atomic E-state index is 12.5. The highest BCUT2D eigenvalue weighted by atomic mass is 32.2. The zero-order valence-corrected chi connectivity index (χ0v) is 12.8. The Morgan fingerprint density at radius 1 is 1.24 bits per heavy atom. The summed E-state index contributed by atoms with van der Waals surface area (Å²) in [6.45, 7) is 4.34. The van der Waals surface area contributed by atoms with Crippen molar-refractivity contribution in [2.75, 3.05) is 6.61 Å². The molecule has 3 rings (SSSR count). The van der Waals surface area contributed by atoms with Crippen LogP contribution in [0.4, 0.5) is 0 Å². The van der Waals surface area contributed by atoms with Crippen LogP contribution < -0.4 is 0 Å². The first-order chi connectivity index (χ1) is 10.0. The zero-order chi connectivity index (χ0) is 15.0. The number of rotatable bonds is 5. The largest absolute Gasteiger partial charge is 0.348 e. The van der Waals surface area contributed by atoms with Gasteiger partial charge in [0.15, 0.2) is 5.79 Å². The Morgan fingerprint density at radius 2 is 2.00 bits per heavy atom. The molecule has 2 fully saturated rings. The predicted molar refractivity (Wildman–Crippen MR) is 79.1 cm³/mol. The fourth-order valence-corrected chi connectivity index (χ4v) is 4.92. The molecular formula is C16H20O4S. The van der Waals surface area contributed by atoms with Gasteiger partial charge in [-0.05, 0) is 37.8 Å². The summed E-state index contributed by atoms with van der Waals surface area (Å²) in [4.78, 5) is 0.175. The van der Waals surface area contributed by atoms with Crippen LogP contribution in [0, 0.1) is 5.41 Å². The molecule has 0 N–H and O–H groups in total. The Labute approximate surface area is 125 Å². The highest BCUT2D eigenvalue weighted by Gasteiger charge is 2.61. The third-order valence-corrected chi connectivity index (χ3v) is 6.03. The molecular weight excluding hydrogens is 288 g/mol. The summed E-state index contributed by atoms with van der Waals surface area (Å²) in [6, 6.07) is 8.25. The molecule has 0 radical (unpaired) electrons. The van der Waals surface area contributed by atoms with Gasteiger partial charge in [0, 0.05) is 11.8 Å². The van der Waals surface area contributed by atoms with Crippen LogP contribution in [-0.2, 0) is 19.0 Å². The van der Waals surface area contributed by atoms with Crippen molar-refractivity contribution < 1.29 is 17.3 Å². The van der Waals surface area contributed by atoms with Crippen LogP contribution in [0.5, 0.6) is 0 Å². The van der Waals surface area contributed by atoms with E-state index >= 15 is 0 Å². The van der Waals surface area contributed by atoms with E-state index in [1.165, 1.54) is 0 Å². The van der Waals surface area contributed by atoms with E-state index in [4.69, 9.17) is 8.92 Å². The van der Waals surface area contributed by atoms with Crippen LogP contribution in [0.15, 0.2) is 47.9 Å². The second-order valence-corrected chi connectivity index (χ2v) is 7.37.